The zero-order valence-corrected chi connectivity index (χ0v) is 19.5. The van der Waals surface area contributed by atoms with Crippen LogP contribution < -0.4 is 15.5 Å². The van der Waals surface area contributed by atoms with Crippen LogP contribution in [0.1, 0.15) is 30.0 Å². The molecular formula is C23H34N4O2S. The number of nitrogens with one attached hydrogen (secondary N) is 2. The molecule has 0 heterocycles. The molecule has 0 radical (unpaired) electrons. The van der Waals surface area contributed by atoms with Crippen LogP contribution in [0, 0.1) is 6.92 Å². The fourth-order valence-corrected chi connectivity index (χ4v) is 4.16. The van der Waals surface area contributed by atoms with Gasteiger partial charge in [0.1, 0.15) is 0 Å². The van der Waals surface area contributed by atoms with Crippen molar-refractivity contribution >= 4 is 21.5 Å². The summed E-state index contributed by atoms with van der Waals surface area (Å²) in [6, 6.07) is 14.0. The SMILES string of the molecule is CCNC(=NCc1ccc(S(C)(=O)=O)c(C)c1)NCCCc1ccc(N(C)C)cc1. The molecule has 0 aromatic heterocycles. The van der Waals surface area contributed by atoms with E-state index in [0.29, 0.717) is 11.4 Å². The summed E-state index contributed by atoms with van der Waals surface area (Å²) in [5, 5.41) is 6.64. The number of benzene rings is 2. The third-order valence-corrected chi connectivity index (χ3v) is 6.05. The molecule has 0 saturated heterocycles. The highest BCUT2D eigenvalue weighted by atomic mass is 32.2. The monoisotopic (exact) mass is 430 g/mol. The first-order chi connectivity index (χ1) is 14.2. The highest BCUT2D eigenvalue weighted by Crippen LogP contribution is 2.17. The van der Waals surface area contributed by atoms with Crippen LogP contribution in [0.3, 0.4) is 0 Å². The fourth-order valence-electron chi connectivity index (χ4n) is 3.20. The van der Waals surface area contributed by atoms with Gasteiger partial charge in [-0.3, -0.25) is 0 Å². The zero-order valence-electron chi connectivity index (χ0n) is 18.7. The van der Waals surface area contributed by atoms with Crippen molar-refractivity contribution in [3.05, 3.63) is 59.2 Å². The fraction of sp³-hybridized carbons (Fsp3) is 0.435. The number of rotatable bonds is 9. The second-order valence-corrected chi connectivity index (χ2v) is 9.64. The molecule has 0 atom stereocenters. The van der Waals surface area contributed by atoms with Gasteiger partial charge in [-0.1, -0.05) is 24.3 Å². The van der Waals surface area contributed by atoms with Crippen molar-refractivity contribution < 1.29 is 8.42 Å². The molecule has 7 heteroatoms. The lowest BCUT2D eigenvalue weighted by atomic mass is 10.1. The van der Waals surface area contributed by atoms with Gasteiger partial charge < -0.3 is 15.5 Å². The molecule has 2 aromatic rings. The van der Waals surface area contributed by atoms with Crippen molar-refractivity contribution in [1.29, 1.82) is 0 Å². The molecule has 0 bridgehead atoms. The Kier molecular flexibility index (Phi) is 8.72. The smallest absolute Gasteiger partial charge is 0.191 e. The number of nitrogens with zero attached hydrogens (tertiary/aromatic N) is 2. The van der Waals surface area contributed by atoms with E-state index >= 15 is 0 Å². The van der Waals surface area contributed by atoms with Crippen molar-refractivity contribution in [3.8, 4) is 0 Å². The van der Waals surface area contributed by atoms with Crippen LogP contribution in [0.15, 0.2) is 52.4 Å². The van der Waals surface area contributed by atoms with E-state index in [1.165, 1.54) is 17.5 Å². The van der Waals surface area contributed by atoms with Crippen LogP contribution in [0.4, 0.5) is 5.69 Å². The Bertz CT molecular complexity index is 952. The summed E-state index contributed by atoms with van der Waals surface area (Å²) < 4.78 is 23.5. The van der Waals surface area contributed by atoms with Gasteiger partial charge in [0.05, 0.1) is 11.4 Å². The van der Waals surface area contributed by atoms with E-state index in [1.54, 1.807) is 6.07 Å². The summed E-state index contributed by atoms with van der Waals surface area (Å²) in [6.07, 6.45) is 3.25. The Balaban J connectivity index is 1.89. The quantitative estimate of drug-likeness (QED) is 0.363. The molecule has 0 fully saturated rings. The van der Waals surface area contributed by atoms with Crippen molar-refractivity contribution in [2.24, 2.45) is 4.99 Å². The molecule has 0 aliphatic rings. The number of hydrogen-bond donors (Lipinski definition) is 2. The highest BCUT2D eigenvalue weighted by Gasteiger charge is 2.10. The molecule has 2 aromatic carbocycles. The molecule has 30 heavy (non-hydrogen) atoms. The Labute approximate surface area is 181 Å². The normalized spacial score (nSPS) is 12.0. The van der Waals surface area contributed by atoms with Gasteiger partial charge in [-0.15, -0.1) is 0 Å². The molecule has 0 amide bonds. The lowest BCUT2D eigenvalue weighted by molar-refractivity contribution is 0.601. The Morgan fingerprint density at radius 1 is 1.03 bits per heavy atom. The first-order valence-corrected chi connectivity index (χ1v) is 12.2. The number of guanidine groups is 1. The van der Waals surface area contributed by atoms with Crippen molar-refractivity contribution in [1.82, 2.24) is 10.6 Å². The maximum atomic E-state index is 11.8. The van der Waals surface area contributed by atoms with Crippen LogP contribution in [0.2, 0.25) is 0 Å². The van der Waals surface area contributed by atoms with Gasteiger partial charge in [0.2, 0.25) is 0 Å². The third-order valence-electron chi connectivity index (χ3n) is 4.79. The maximum Gasteiger partial charge on any atom is 0.191 e. The predicted octanol–water partition coefficient (Wildman–Crippen LogP) is 3.15. The Morgan fingerprint density at radius 2 is 1.70 bits per heavy atom. The van der Waals surface area contributed by atoms with E-state index in [4.69, 9.17) is 0 Å². The van der Waals surface area contributed by atoms with Crippen LogP contribution in [0.5, 0.6) is 0 Å². The minimum absolute atomic E-state index is 0.374. The third kappa shape index (κ3) is 7.37. The lowest BCUT2D eigenvalue weighted by Gasteiger charge is -2.13. The van der Waals surface area contributed by atoms with Gasteiger partial charge in [0.25, 0.3) is 0 Å². The molecule has 0 unspecified atom stereocenters. The average molecular weight is 431 g/mol. The van der Waals surface area contributed by atoms with E-state index in [0.717, 1.165) is 43.0 Å². The summed E-state index contributed by atoms with van der Waals surface area (Å²) >= 11 is 0. The molecule has 2 rings (SSSR count). The Morgan fingerprint density at radius 3 is 2.27 bits per heavy atom. The minimum atomic E-state index is -3.20. The van der Waals surface area contributed by atoms with Gasteiger partial charge in [-0.05, 0) is 61.6 Å². The van der Waals surface area contributed by atoms with Gasteiger partial charge in [-0.2, -0.15) is 0 Å². The largest absolute Gasteiger partial charge is 0.378 e. The van der Waals surface area contributed by atoms with Crippen LogP contribution in [0.25, 0.3) is 0 Å². The molecule has 6 nitrogen and oxygen atoms in total. The van der Waals surface area contributed by atoms with Crippen molar-refractivity contribution in [2.75, 3.05) is 38.3 Å². The van der Waals surface area contributed by atoms with Crippen LogP contribution in [-0.2, 0) is 22.8 Å². The summed E-state index contributed by atoms with van der Waals surface area (Å²) in [5.74, 6) is 0.769. The zero-order chi connectivity index (χ0) is 22.1. The molecule has 0 aliphatic carbocycles. The van der Waals surface area contributed by atoms with E-state index in [1.807, 2.05) is 40.1 Å². The van der Waals surface area contributed by atoms with Crippen LogP contribution in [-0.4, -0.2) is 47.8 Å². The van der Waals surface area contributed by atoms with Crippen molar-refractivity contribution in [2.45, 2.75) is 38.1 Å². The number of anilines is 1. The predicted molar refractivity (Wildman–Crippen MR) is 126 cm³/mol. The molecule has 2 N–H and O–H groups in total. The number of hydrogen-bond acceptors (Lipinski definition) is 4. The molecule has 0 saturated carbocycles. The van der Waals surface area contributed by atoms with Gasteiger partial charge >= 0.3 is 0 Å². The topological polar surface area (TPSA) is 73.8 Å². The van der Waals surface area contributed by atoms with Gasteiger partial charge in [0.15, 0.2) is 15.8 Å². The van der Waals surface area contributed by atoms with Crippen molar-refractivity contribution in [3.63, 3.8) is 0 Å². The Hall–Kier alpha value is -2.54. The number of sulfone groups is 1. The minimum Gasteiger partial charge on any atom is -0.378 e. The van der Waals surface area contributed by atoms with Crippen LogP contribution >= 0.6 is 0 Å². The van der Waals surface area contributed by atoms with E-state index in [9.17, 15) is 8.42 Å². The first kappa shape index (κ1) is 23.7. The lowest BCUT2D eigenvalue weighted by Crippen LogP contribution is -2.37. The molecule has 0 aliphatic heterocycles. The molecule has 164 valence electrons. The summed E-state index contributed by atoms with van der Waals surface area (Å²) in [7, 11) is 0.889. The number of aryl methyl sites for hydroxylation is 2. The maximum absolute atomic E-state index is 11.8. The molecule has 0 spiro atoms. The summed E-state index contributed by atoms with van der Waals surface area (Å²) in [4.78, 5) is 7.10. The first-order valence-electron chi connectivity index (χ1n) is 10.3. The van der Waals surface area contributed by atoms with Gasteiger partial charge in [-0.25, -0.2) is 13.4 Å². The van der Waals surface area contributed by atoms with E-state index in [2.05, 4.69) is 44.8 Å². The number of aliphatic imine (C=N–C) groups is 1. The molecular weight excluding hydrogens is 396 g/mol. The summed E-state index contributed by atoms with van der Waals surface area (Å²) in [6.45, 7) is 5.95. The highest BCUT2D eigenvalue weighted by molar-refractivity contribution is 7.90. The van der Waals surface area contributed by atoms with E-state index < -0.39 is 9.84 Å². The van der Waals surface area contributed by atoms with Gasteiger partial charge in [0, 0.05) is 39.1 Å². The average Bonchev–Trinajstić information content (AvgIpc) is 2.68. The van der Waals surface area contributed by atoms with E-state index in [-0.39, 0.29) is 0 Å². The summed E-state index contributed by atoms with van der Waals surface area (Å²) in [5.41, 5.74) is 4.27. The second kappa shape index (κ2) is 11.0. The standard InChI is InChI=1S/C23H34N4O2S/c1-6-24-23(25-15-7-8-19-9-12-21(13-10-19)27(3)4)26-17-20-11-14-22(18(2)16-20)30(5,28)29/h9-14,16H,6-8,15,17H2,1-5H3,(H2,24,25,26). The second-order valence-electron chi connectivity index (χ2n) is 7.66.